The molecule has 2 aromatic rings. The molecule has 2 rings (SSSR count). The van der Waals surface area contributed by atoms with Gasteiger partial charge in [0.1, 0.15) is 5.69 Å². The van der Waals surface area contributed by atoms with E-state index in [2.05, 4.69) is 10.3 Å². The summed E-state index contributed by atoms with van der Waals surface area (Å²) in [6, 6.07) is 5.66. The standard InChI is InChI=1S/C14H17N3OS/c1-3-15-12-4-5-13(16-8-12)14(18)17(2)9-11-6-7-19-10-11/h4-8,10,15H,3,9H2,1-2H3. The Hall–Kier alpha value is -1.88. The van der Waals surface area contributed by atoms with Crippen LogP contribution in [0.5, 0.6) is 0 Å². The number of aromatic nitrogens is 1. The maximum absolute atomic E-state index is 12.2. The summed E-state index contributed by atoms with van der Waals surface area (Å²) >= 11 is 1.63. The third kappa shape index (κ3) is 3.54. The summed E-state index contributed by atoms with van der Waals surface area (Å²) in [7, 11) is 1.79. The fraction of sp³-hybridized carbons (Fsp3) is 0.286. The van der Waals surface area contributed by atoms with Crippen molar-refractivity contribution in [3.05, 3.63) is 46.4 Å². The van der Waals surface area contributed by atoms with Crippen LogP contribution < -0.4 is 5.32 Å². The molecule has 1 amide bonds. The van der Waals surface area contributed by atoms with Gasteiger partial charge in [-0.1, -0.05) is 0 Å². The molecule has 2 aromatic heterocycles. The maximum Gasteiger partial charge on any atom is 0.272 e. The van der Waals surface area contributed by atoms with Crippen molar-refractivity contribution in [3.63, 3.8) is 0 Å². The third-order valence-corrected chi connectivity index (χ3v) is 3.44. The smallest absolute Gasteiger partial charge is 0.272 e. The van der Waals surface area contributed by atoms with Gasteiger partial charge in [-0.2, -0.15) is 11.3 Å². The monoisotopic (exact) mass is 275 g/mol. The largest absolute Gasteiger partial charge is 0.384 e. The fourth-order valence-corrected chi connectivity index (χ4v) is 2.41. The molecule has 0 saturated heterocycles. The van der Waals surface area contributed by atoms with Crippen molar-refractivity contribution in [2.75, 3.05) is 18.9 Å². The summed E-state index contributed by atoms with van der Waals surface area (Å²) in [6.45, 7) is 3.47. The zero-order valence-corrected chi connectivity index (χ0v) is 11.9. The van der Waals surface area contributed by atoms with E-state index < -0.39 is 0 Å². The van der Waals surface area contributed by atoms with E-state index >= 15 is 0 Å². The minimum Gasteiger partial charge on any atom is -0.384 e. The van der Waals surface area contributed by atoms with E-state index in [1.54, 1.807) is 35.5 Å². The molecule has 2 heterocycles. The van der Waals surface area contributed by atoms with Crippen LogP contribution in [0.1, 0.15) is 23.0 Å². The number of thiophene rings is 1. The minimum atomic E-state index is -0.0609. The second kappa shape index (κ2) is 6.33. The van der Waals surface area contributed by atoms with E-state index in [0.717, 1.165) is 17.8 Å². The van der Waals surface area contributed by atoms with E-state index in [9.17, 15) is 4.79 Å². The van der Waals surface area contributed by atoms with Crippen LogP contribution >= 0.6 is 11.3 Å². The molecular formula is C14H17N3OS. The van der Waals surface area contributed by atoms with Crippen LogP contribution in [-0.2, 0) is 6.54 Å². The molecule has 1 N–H and O–H groups in total. The van der Waals surface area contributed by atoms with Crippen molar-refractivity contribution in [2.24, 2.45) is 0 Å². The van der Waals surface area contributed by atoms with Crippen molar-refractivity contribution >= 4 is 22.9 Å². The molecule has 0 atom stereocenters. The second-order valence-electron chi connectivity index (χ2n) is 4.26. The SMILES string of the molecule is CCNc1ccc(C(=O)N(C)Cc2ccsc2)nc1. The Morgan fingerprint density at radius 3 is 2.84 bits per heavy atom. The van der Waals surface area contributed by atoms with E-state index in [-0.39, 0.29) is 5.91 Å². The number of anilines is 1. The average molecular weight is 275 g/mol. The number of rotatable bonds is 5. The lowest BCUT2D eigenvalue weighted by Gasteiger charge is -2.16. The molecule has 0 bridgehead atoms. The molecule has 0 aliphatic rings. The number of pyridine rings is 1. The molecule has 0 saturated carbocycles. The Labute approximate surface area is 117 Å². The van der Waals surface area contributed by atoms with Crippen molar-refractivity contribution in [1.82, 2.24) is 9.88 Å². The van der Waals surface area contributed by atoms with Crippen LogP contribution in [0.4, 0.5) is 5.69 Å². The van der Waals surface area contributed by atoms with Gasteiger partial charge in [0.2, 0.25) is 0 Å². The summed E-state index contributed by atoms with van der Waals surface area (Å²) in [4.78, 5) is 18.1. The molecular weight excluding hydrogens is 258 g/mol. The third-order valence-electron chi connectivity index (χ3n) is 2.71. The fourth-order valence-electron chi connectivity index (χ4n) is 1.75. The lowest BCUT2D eigenvalue weighted by atomic mass is 10.2. The number of carbonyl (C=O) groups excluding carboxylic acids is 1. The van der Waals surface area contributed by atoms with E-state index in [0.29, 0.717) is 12.2 Å². The van der Waals surface area contributed by atoms with Gasteiger partial charge in [-0.25, -0.2) is 4.98 Å². The molecule has 0 aliphatic carbocycles. The Balaban J connectivity index is 2.02. The first-order chi connectivity index (χ1) is 9.20. The van der Waals surface area contributed by atoms with Gasteiger partial charge in [0.25, 0.3) is 5.91 Å². The van der Waals surface area contributed by atoms with Gasteiger partial charge >= 0.3 is 0 Å². The Morgan fingerprint density at radius 2 is 2.26 bits per heavy atom. The van der Waals surface area contributed by atoms with Crippen molar-refractivity contribution in [2.45, 2.75) is 13.5 Å². The van der Waals surface area contributed by atoms with E-state index in [4.69, 9.17) is 0 Å². The molecule has 0 aromatic carbocycles. The normalized spacial score (nSPS) is 10.2. The van der Waals surface area contributed by atoms with Gasteiger partial charge in [-0.05, 0) is 41.4 Å². The quantitative estimate of drug-likeness (QED) is 0.912. The van der Waals surface area contributed by atoms with E-state index in [1.807, 2.05) is 29.8 Å². The Morgan fingerprint density at radius 1 is 1.42 bits per heavy atom. The van der Waals surface area contributed by atoms with Crippen LogP contribution in [-0.4, -0.2) is 29.4 Å². The first-order valence-electron chi connectivity index (χ1n) is 6.17. The molecule has 100 valence electrons. The zero-order chi connectivity index (χ0) is 13.7. The molecule has 4 nitrogen and oxygen atoms in total. The maximum atomic E-state index is 12.2. The molecule has 0 aliphatic heterocycles. The van der Waals surface area contributed by atoms with Gasteiger partial charge in [0, 0.05) is 20.1 Å². The minimum absolute atomic E-state index is 0.0609. The van der Waals surface area contributed by atoms with Crippen LogP contribution in [0.25, 0.3) is 0 Å². The summed E-state index contributed by atoms with van der Waals surface area (Å²) in [5.74, 6) is -0.0609. The second-order valence-corrected chi connectivity index (χ2v) is 5.04. The van der Waals surface area contributed by atoms with Gasteiger partial charge in [-0.15, -0.1) is 0 Å². The van der Waals surface area contributed by atoms with Crippen LogP contribution in [0.3, 0.4) is 0 Å². The highest BCUT2D eigenvalue weighted by atomic mass is 32.1. The molecule has 0 unspecified atom stereocenters. The summed E-state index contributed by atoms with van der Waals surface area (Å²) in [6.07, 6.45) is 1.69. The predicted molar refractivity (Wildman–Crippen MR) is 78.5 cm³/mol. The highest BCUT2D eigenvalue weighted by Crippen LogP contribution is 2.11. The average Bonchev–Trinajstić information content (AvgIpc) is 2.92. The lowest BCUT2D eigenvalue weighted by Crippen LogP contribution is -2.26. The first-order valence-corrected chi connectivity index (χ1v) is 7.11. The molecule has 5 heteroatoms. The first kappa shape index (κ1) is 13.5. The highest BCUT2D eigenvalue weighted by molar-refractivity contribution is 7.07. The van der Waals surface area contributed by atoms with Crippen molar-refractivity contribution < 1.29 is 4.79 Å². The van der Waals surface area contributed by atoms with E-state index in [1.165, 1.54) is 0 Å². The lowest BCUT2D eigenvalue weighted by molar-refractivity contribution is 0.0779. The number of nitrogens with one attached hydrogen (secondary N) is 1. The molecule has 0 fully saturated rings. The van der Waals surface area contributed by atoms with Gasteiger partial charge in [0.15, 0.2) is 0 Å². The summed E-state index contributed by atoms with van der Waals surface area (Å²) in [5.41, 5.74) is 2.55. The zero-order valence-electron chi connectivity index (χ0n) is 11.1. The van der Waals surface area contributed by atoms with Crippen molar-refractivity contribution in [1.29, 1.82) is 0 Å². The molecule has 0 spiro atoms. The Kier molecular flexibility index (Phi) is 4.52. The van der Waals surface area contributed by atoms with Crippen LogP contribution in [0.15, 0.2) is 35.2 Å². The number of hydrogen-bond donors (Lipinski definition) is 1. The van der Waals surface area contributed by atoms with Crippen LogP contribution in [0, 0.1) is 0 Å². The molecule has 19 heavy (non-hydrogen) atoms. The number of carbonyl (C=O) groups is 1. The number of nitrogens with zero attached hydrogens (tertiary/aromatic N) is 2. The van der Waals surface area contributed by atoms with Gasteiger partial charge in [0.05, 0.1) is 11.9 Å². The highest BCUT2D eigenvalue weighted by Gasteiger charge is 2.13. The van der Waals surface area contributed by atoms with Crippen LogP contribution in [0.2, 0.25) is 0 Å². The van der Waals surface area contributed by atoms with Gasteiger partial charge in [-0.3, -0.25) is 4.79 Å². The van der Waals surface area contributed by atoms with Crippen molar-refractivity contribution in [3.8, 4) is 0 Å². The van der Waals surface area contributed by atoms with Gasteiger partial charge < -0.3 is 10.2 Å². The summed E-state index contributed by atoms with van der Waals surface area (Å²) < 4.78 is 0. The number of hydrogen-bond acceptors (Lipinski definition) is 4. The number of amides is 1. The topological polar surface area (TPSA) is 45.2 Å². The summed E-state index contributed by atoms with van der Waals surface area (Å²) in [5, 5.41) is 7.21. The molecule has 0 radical (unpaired) electrons. The Bertz CT molecular complexity index is 522. The predicted octanol–water partition coefficient (Wildman–Crippen LogP) is 2.85.